The van der Waals surface area contributed by atoms with Crippen molar-refractivity contribution in [2.45, 2.75) is 38.5 Å². The summed E-state index contributed by atoms with van der Waals surface area (Å²) in [4.78, 5) is 28.1. The molecule has 1 aliphatic carbocycles. The Balaban J connectivity index is 1.87. The highest BCUT2D eigenvalue weighted by Crippen LogP contribution is 2.46. The summed E-state index contributed by atoms with van der Waals surface area (Å²) in [6.07, 6.45) is 2.24. The van der Waals surface area contributed by atoms with Crippen LogP contribution in [-0.4, -0.2) is 25.9 Å². The summed E-state index contributed by atoms with van der Waals surface area (Å²) in [5, 5.41) is 0. The largest absolute Gasteiger partial charge is 0.497 e. The quantitative estimate of drug-likeness (QED) is 0.768. The van der Waals surface area contributed by atoms with E-state index in [4.69, 9.17) is 9.47 Å². The van der Waals surface area contributed by atoms with E-state index in [-0.39, 0.29) is 24.0 Å². The Bertz CT molecular complexity index is 1010. The highest BCUT2D eigenvalue weighted by atomic mass is 16.5. The number of ether oxygens (including phenoxy) is 2. The van der Waals surface area contributed by atoms with Gasteiger partial charge in [0.15, 0.2) is 5.78 Å². The predicted octanol–water partition coefficient (Wildman–Crippen LogP) is 4.54. The van der Waals surface area contributed by atoms with Crippen molar-refractivity contribution < 1.29 is 19.1 Å². The fourth-order valence-corrected chi connectivity index (χ4v) is 4.43. The molecule has 150 valence electrons. The number of methoxy groups -OCH3 is 2. The van der Waals surface area contributed by atoms with Gasteiger partial charge >= 0.3 is 0 Å². The molecule has 1 aliphatic heterocycles. The van der Waals surface area contributed by atoms with Crippen LogP contribution in [0.1, 0.15) is 42.7 Å². The fourth-order valence-electron chi connectivity index (χ4n) is 4.43. The Kier molecular flexibility index (Phi) is 5.14. The number of carbonyl (C=O) groups excluding carboxylic acids is 2. The van der Waals surface area contributed by atoms with Crippen molar-refractivity contribution in [3.8, 4) is 11.5 Å². The van der Waals surface area contributed by atoms with Gasteiger partial charge in [0.05, 0.1) is 14.2 Å². The summed E-state index contributed by atoms with van der Waals surface area (Å²) in [5.41, 5.74) is 4.36. The second kappa shape index (κ2) is 7.74. The summed E-state index contributed by atoms with van der Waals surface area (Å²) in [6.45, 7) is 2.00. The number of Topliss-reactive ketones (excluding diaryl/α,β-unsaturated/α-hetero) is 1. The maximum absolute atomic E-state index is 13.3. The van der Waals surface area contributed by atoms with Crippen LogP contribution in [0.3, 0.4) is 0 Å². The Morgan fingerprint density at radius 2 is 1.83 bits per heavy atom. The fraction of sp³-hybridized carbons (Fsp3) is 0.333. The zero-order chi connectivity index (χ0) is 20.5. The minimum atomic E-state index is -0.299. The van der Waals surface area contributed by atoms with Gasteiger partial charge in [-0.05, 0) is 43.5 Å². The Labute approximate surface area is 170 Å². The molecule has 2 aromatic carbocycles. The van der Waals surface area contributed by atoms with E-state index < -0.39 is 0 Å². The van der Waals surface area contributed by atoms with Crippen molar-refractivity contribution in [1.29, 1.82) is 0 Å². The van der Waals surface area contributed by atoms with Crippen molar-refractivity contribution in [1.82, 2.24) is 0 Å². The maximum Gasteiger partial charge on any atom is 0.232 e. The number of allylic oxidation sites excluding steroid dienone is 2. The number of aryl methyl sites for hydroxylation is 1. The number of carbonyl (C=O) groups is 2. The number of amides is 1. The summed E-state index contributed by atoms with van der Waals surface area (Å²) in [5.74, 6) is 1.15. The van der Waals surface area contributed by atoms with Gasteiger partial charge in [-0.25, -0.2) is 0 Å². The van der Waals surface area contributed by atoms with Crippen LogP contribution in [0.2, 0.25) is 0 Å². The zero-order valence-electron chi connectivity index (χ0n) is 17.0. The van der Waals surface area contributed by atoms with Crippen LogP contribution >= 0.6 is 0 Å². The first-order valence-electron chi connectivity index (χ1n) is 9.91. The molecule has 5 nitrogen and oxygen atoms in total. The number of ketones is 1. The van der Waals surface area contributed by atoms with E-state index in [1.54, 1.807) is 25.2 Å². The average Bonchev–Trinajstić information content (AvgIpc) is 2.72. The molecule has 2 aliphatic rings. The normalized spacial score (nSPS) is 19.3. The van der Waals surface area contributed by atoms with Crippen molar-refractivity contribution in [3.05, 3.63) is 64.9 Å². The standard InChI is InChI=1S/C24H25NO4/c1-15-6-4-7-16(12-15)25-20-8-5-9-21(26)24(20)19(14-23(25)27)18-11-10-17(28-2)13-22(18)29-3/h4,6-7,10-13,19H,5,8-9,14H2,1-3H3. The van der Waals surface area contributed by atoms with E-state index in [2.05, 4.69) is 0 Å². The number of rotatable bonds is 4. The monoisotopic (exact) mass is 391 g/mol. The molecule has 4 rings (SSSR count). The number of hydrogen-bond donors (Lipinski definition) is 0. The molecule has 1 unspecified atom stereocenters. The molecule has 2 aromatic rings. The summed E-state index contributed by atoms with van der Waals surface area (Å²) in [6, 6.07) is 13.4. The van der Waals surface area contributed by atoms with Crippen molar-refractivity contribution in [2.75, 3.05) is 19.1 Å². The number of benzene rings is 2. The molecule has 5 heteroatoms. The van der Waals surface area contributed by atoms with Gasteiger partial charge in [0.1, 0.15) is 11.5 Å². The minimum Gasteiger partial charge on any atom is -0.497 e. The first kappa shape index (κ1) is 19.2. The van der Waals surface area contributed by atoms with Gasteiger partial charge in [-0.3, -0.25) is 14.5 Å². The van der Waals surface area contributed by atoms with E-state index in [9.17, 15) is 9.59 Å². The average molecular weight is 391 g/mol. The third-order valence-corrected chi connectivity index (χ3v) is 5.75. The van der Waals surface area contributed by atoms with E-state index in [0.717, 1.165) is 40.9 Å². The SMILES string of the molecule is COc1ccc(C2CC(=O)N(c3cccc(C)c3)C3=C2C(=O)CCC3)c(OC)c1. The van der Waals surface area contributed by atoms with Crippen LogP contribution in [-0.2, 0) is 9.59 Å². The van der Waals surface area contributed by atoms with Gasteiger partial charge in [-0.15, -0.1) is 0 Å². The second-order valence-corrected chi connectivity index (χ2v) is 7.57. The Hall–Kier alpha value is -3.08. The summed E-state index contributed by atoms with van der Waals surface area (Å²) < 4.78 is 10.9. The van der Waals surface area contributed by atoms with Crippen LogP contribution < -0.4 is 14.4 Å². The van der Waals surface area contributed by atoms with Crippen molar-refractivity contribution in [3.63, 3.8) is 0 Å². The number of hydrogen-bond acceptors (Lipinski definition) is 4. The lowest BCUT2D eigenvalue weighted by atomic mass is 9.76. The van der Waals surface area contributed by atoms with Gasteiger partial charge in [0.25, 0.3) is 0 Å². The van der Waals surface area contributed by atoms with Crippen LogP contribution in [0.4, 0.5) is 5.69 Å². The minimum absolute atomic E-state index is 0.00641. The lowest BCUT2D eigenvalue weighted by Crippen LogP contribution is -2.40. The predicted molar refractivity (Wildman–Crippen MR) is 111 cm³/mol. The lowest BCUT2D eigenvalue weighted by Gasteiger charge is -2.38. The molecule has 1 atom stereocenters. The lowest BCUT2D eigenvalue weighted by molar-refractivity contribution is -0.119. The second-order valence-electron chi connectivity index (χ2n) is 7.57. The van der Waals surface area contributed by atoms with E-state index >= 15 is 0 Å². The molecule has 0 radical (unpaired) electrons. The molecule has 0 fully saturated rings. The molecule has 1 amide bonds. The van der Waals surface area contributed by atoms with E-state index in [1.807, 2.05) is 43.3 Å². The van der Waals surface area contributed by atoms with Crippen LogP contribution in [0, 0.1) is 6.92 Å². The van der Waals surface area contributed by atoms with Gasteiger partial charge in [-0.1, -0.05) is 18.2 Å². The Morgan fingerprint density at radius 3 is 2.55 bits per heavy atom. The van der Waals surface area contributed by atoms with Crippen LogP contribution in [0.5, 0.6) is 11.5 Å². The van der Waals surface area contributed by atoms with Crippen LogP contribution in [0.25, 0.3) is 0 Å². The summed E-state index contributed by atoms with van der Waals surface area (Å²) in [7, 11) is 3.20. The molecular formula is C24H25NO4. The molecule has 0 bridgehead atoms. The first-order valence-corrected chi connectivity index (χ1v) is 9.91. The van der Waals surface area contributed by atoms with Gasteiger partial charge < -0.3 is 9.47 Å². The number of anilines is 1. The van der Waals surface area contributed by atoms with Crippen LogP contribution in [0.15, 0.2) is 53.7 Å². The molecule has 1 heterocycles. The molecule has 0 N–H and O–H groups in total. The molecule has 0 saturated heterocycles. The first-order chi connectivity index (χ1) is 14.0. The number of nitrogens with zero attached hydrogens (tertiary/aromatic N) is 1. The van der Waals surface area contributed by atoms with E-state index in [0.29, 0.717) is 17.9 Å². The molecular weight excluding hydrogens is 366 g/mol. The maximum atomic E-state index is 13.3. The highest BCUT2D eigenvalue weighted by molar-refractivity contribution is 6.07. The molecule has 29 heavy (non-hydrogen) atoms. The van der Waals surface area contributed by atoms with Gasteiger partial charge in [0, 0.05) is 47.3 Å². The summed E-state index contributed by atoms with van der Waals surface area (Å²) >= 11 is 0. The van der Waals surface area contributed by atoms with Crippen molar-refractivity contribution in [2.24, 2.45) is 0 Å². The smallest absolute Gasteiger partial charge is 0.232 e. The molecule has 0 saturated carbocycles. The van der Waals surface area contributed by atoms with Gasteiger partial charge in [-0.2, -0.15) is 0 Å². The highest BCUT2D eigenvalue weighted by Gasteiger charge is 2.40. The molecule has 0 aromatic heterocycles. The third kappa shape index (κ3) is 3.41. The Morgan fingerprint density at radius 1 is 1.00 bits per heavy atom. The van der Waals surface area contributed by atoms with E-state index in [1.165, 1.54) is 0 Å². The van der Waals surface area contributed by atoms with Gasteiger partial charge in [0.2, 0.25) is 5.91 Å². The third-order valence-electron chi connectivity index (χ3n) is 5.75. The molecule has 0 spiro atoms. The zero-order valence-corrected chi connectivity index (χ0v) is 17.0. The topological polar surface area (TPSA) is 55.8 Å². The van der Waals surface area contributed by atoms with Crippen molar-refractivity contribution >= 4 is 17.4 Å².